The summed E-state index contributed by atoms with van der Waals surface area (Å²) in [4.78, 5) is 26.6. The Bertz CT molecular complexity index is 612. The number of carbonyl (C=O) groups is 1. The summed E-state index contributed by atoms with van der Waals surface area (Å²) in [5, 5.41) is 7.56. The molecular weight excluding hydrogens is 336 g/mol. The van der Waals surface area contributed by atoms with Crippen molar-refractivity contribution in [1.29, 1.82) is 0 Å². The summed E-state index contributed by atoms with van der Waals surface area (Å²) in [5.74, 6) is 1.07. The van der Waals surface area contributed by atoms with Crippen LogP contribution in [0.15, 0.2) is 4.99 Å². The molecule has 2 N–H and O–H groups in total. The molecule has 3 rings (SSSR count). The molecule has 0 radical (unpaired) electrons. The van der Waals surface area contributed by atoms with E-state index in [2.05, 4.69) is 37.3 Å². The molecule has 1 aromatic heterocycles. The van der Waals surface area contributed by atoms with E-state index in [9.17, 15) is 4.79 Å². The van der Waals surface area contributed by atoms with Gasteiger partial charge in [0, 0.05) is 44.1 Å². The van der Waals surface area contributed by atoms with Crippen molar-refractivity contribution < 1.29 is 4.79 Å². The lowest BCUT2D eigenvalue weighted by atomic mass is 10.3. The van der Waals surface area contributed by atoms with Gasteiger partial charge in [0.25, 0.3) is 0 Å². The second kappa shape index (κ2) is 8.14. The van der Waals surface area contributed by atoms with E-state index in [1.54, 1.807) is 11.3 Å². The fourth-order valence-electron chi connectivity index (χ4n) is 2.92. The van der Waals surface area contributed by atoms with Crippen LogP contribution in [0.25, 0.3) is 0 Å². The summed E-state index contributed by atoms with van der Waals surface area (Å²) in [6.07, 6.45) is 2.28. The second-order valence-electron chi connectivity index (χ2n) is 6.75. The molecule has 0 aromatic carbocycles. The Balaban J connectivity index is 1.42. The molecule has 2 aliphatic rings. The van der Waals surface area contributed by atoms with Gasteiger partial charge in [0.1, 0.15) is 5.01 Å². The highest BCUT2D eigenvalue weighted by molar-refractivity contribution is 7.11. The van der Waals surface area contributed by atoms with Crippen LogP contribution in [0.3, 0.4) is 0 Å². The third-order valence-corrected chi connectivity index (χ3v) is 5.74. The van der Waals surface area contributed by atoms with Crippen LogP contribution in [0, 0.1) is 13.8 Å². The van der Waals surface area contributed by atoms with Gasteiger partial charge in [0.05, 0.1) is 18.8 Å². The molecule has 0 spiro atoms. The number of guanidine groups is 1. The average Bonchev–Trinajstić information content (AvgIpc) is 3.34. The summed E-state index contributed by atoms with van der Waals surface area (Å²) in [6, 6.07) is 0.440. The highest BCUT2D eigenvalue weighted by Gasteiger charge is 2.25. The van der Waals surface area contributed by atoms with Crippen molar-refractivity contribution in [2.75, 3.05) is 39.8 Å². The number of piperazine rings is 1. The minimum absolute atomic E-state index is 0.160. The van der Waals surface area contributed by atoms with Gasteiger partial charge in [-0.25, -0.2) is 4.98 Å². The largest absolute Gasteiger partial charge is 0.352 e. The van der Waals surface area contributed by atoms with Crippen molar-refractivity contribution in [2.24, 2.45) is 4.99 Å². The Kier molecular flexibility index (Phi) is 5.90. The summed E-state index contributed by atoms with van der Waals surface area (Å²) in [5.41, 5.74) is 1.11. The van der Waals surface area contributed by atoms with Gasteiger partial charge in [-0.1, -0.05) is 0 Å². The van der Waals surface area contributed by atoms with Gasteiger partial charge < -0.3 is 15.5 Å². The molecule has 0 bridgehead atoms. The third kappa shape index (κ3) is 5.15. The zero-order valence-corrected chi connectivity index (χ0v) is 16.2. The predicted octanol–water partition coefficient (Wildman–Crippen LogP) is 0.732. The Labute approximate surface area is 153 Å². The fraction of sp³-hybridized carbons (Fsp3) is 0.706. The number of hydrogen-bond acceptors (Lipinski definition) is 5. The first kappa shape index (κ1) is 18.1. The van der Waals surface area contributed by atoms with Crippen molar-refractivity contribution in [2.45, 2.75) is 39.3 Å². The SMILES string of the molecule is CN=C(NCc1nc(C)c(C)s1)N1CCN(CC(=O)NC2CC2)CC1. The smallest absolute Gasteiger partial charge is 0.234 e. The van der Waals surface area contributed by atoms with Crippen LogP contribution in [0.5, 0.6) is 0 Å². The van der Waals surface area contributed by atoms with E-state index < -0.39 is 0 Å². The number of carbonyl (C=O) groups excluding carboxylic acids is 1. The van der Waals surface area contributed by atoms with Gasteiger partial charge in [-0.2, -0.15) is 0 Å². The number of aromatic nitrogens is 1. The molecule has 2 fully saturated rings. The maximum atomic E-state index is 11.9. The molecule has 1 amide bonds. The van der Waals surface area contributed by atoms with Crippen molar-refractivity contribution >= 4 is 23.2 Å². The van der Waals surface area contributed by atoms with E-state index in [1.165, 1.54) is 4.88 Å². The summed E-state index contributed by atoms with van der Waals surface area (Å²) in [7, 11) is 1.82. The normalized spacial score (nSPS) is 19.2. The van der Waals surface area contributed by atoms with Crippen molar-refractivity contribution in [3.63, 3.8) is 0 Å². The van der Waals surface area contributed by atoms with Gasteiger partial charge in [0.2, 0.25) is 5.91 Å². The van der Waals surface area contributed by atoms with Crippen molar-refractivity contribution in [3.8, 4) is 0 Å². The van der Waals surface area contributed by atoms with Gasteiger partial charge >= 0.3 is 0 Å². The lowest BCUT2D eigenvalue weighted by Crippen LogP contribution is -2.54. The number of aliphatic imine (C=N–C) groups is 1. The van der Waals surface area contributed by atoms with E-state index in [1.807, 2.05) is 14.0 Å². The molecule has 25 heavy (non-hydrogen) atoms. The summed E-state index contributed by atoms with van der Waals surface area (Å²) in [6.45, 7) is 8.89. The van der Waals surface area contributed by atoms with E-state index in [-0.39, 0.29) is 5.91 Å². The van der Waals surface area contributed by atoms with Crippen LogP contribution < -0.4 is 10.6 Å². The van der Waals surface area contributed by atoms with Crippen LogP contribution in [-0.4, -0.2) is 72.5 Å². The first-order valence-corrected chi connectivity index (χ1v) is 9.77. The Morgan fingerprint density at radius 3 is 2.56 bits per heavy atom. The lowest BCUT2D eigenvalue weighted by molar-refractivity contribution is -0.122. The number of aryl methyl sites for hydroxylation is 2. The minimum Gasteiger partial charge on any atom is -0.352 e. The zero-order valence-electron chi connectivity index (χ0n) is 15.3. The van der Waals surface area contributed by atoms with Crippen LogP contribution in [0.2, 0.25) is 0 Å². The minimum atomic E-state index is 0.160. The third-order valence-electron chi connectivity index (χ3n) is 4.66. The number of hydrogen-bond donors (Lipinski definition) is 2. The Hall–Kier alpha value is -1.67. The highest BCUT2D eigenvalue weighted by Crippen LogP contribution is 2.18. The standard InChI is InChI=1S/C17H28N6OS/c1-12-13(2)25-16(20-12)10-19-17(18-3)23-8-6-22(7-9-23)11-15(24)21-14-4-5-14/h14H,4-11H2,1-3H3,(H,18,19)(H,21,24). The Morgan fingerprint density at radius 1 is 1.28 bits per heavy atom. The van der Waals surface area contributed by atoms with E-state index in [0.29, 0.717) is 19.1 Å². The van der Waals surface area contributed by atoms with E-state index in [4.69, 9.17) is 0 Å². The lowest BCUT2D eigenvalue weighted by Gasteiger charge is -2.36. The van der Waals surface area contributed by atoms with E-state index >= 15 is 0 Å². The monoisotopic (exact) mass is 364 g/mol. The molecule has 138 valence electrons. The molecule has 2 heterocycles. The zero-order chi connectivity index (χ0) is 17.8. The molecule has 1 aliphatic carbocycles. The Morgan fingerprint density at radius 2 is 2.00 bits per heavy atom. The first-order chi connectivity index (χ1) is 12.0. The van der Waals surface area contributed by atoms with Crippen molar-refractivity contribution in [1.82, 2.24) is 25.4 Å². The molecule has 7 nitrogen and oxygen atoms in total. The summed E-state index contributed by atoms with van der Waals surface area (Å²) >= 11 is 1.73. The number of amides is 1. The van der Waals surface area contributed by atoms with Gasteiger partial charge in [-0.15, -0.1) is 11.3 Å². The van der Waals surface area contributed by atoms with Crippen LogP contribution >= 0.6 is 11.3 Å². The van der Waals surface area contributed by atoms with Gasteiger partial charge in [-0.05, 0) is 26.7 Å². The summed E-state index contributed by atoms with van der Waals surface area (Å²) < 4.78 is 0. The molecule has 1 aliphatic heterocycles. The van der Waals surface area contributed by atoms with Crippen LogP contribution in [0.4, 0.5) is 0 Å². The van der Waals surface area contributed by atoms with Gasteiger partial charge in [-0.3, -0.25) is 14.7 Å². The first-order valence-electron chi connectivity index (χ1n) is 8.95. The fourth-order valence-corrected chi connectivity index (χ4v) is 3.80. The highest BCUT2D eigenvalue weighted by atomic mass is 32.1. The van der Waals surface area contributed by atoms with Crippen LogP contribution in [-0.2, 0) is 11.3 Å². The van der Waals surface area contributed by atoms with E-state index in [0.717, 1.165) is 55.7 Å². The second-order valence-corrected chi connectivity index (χ2v) is 8.04. The maximum Gasteiger partial charge on any atom is 0.234 e. The molecule has 1 aromatic rings. The number of nitrogens with zero attached hydrogens (tertiary/aromatic N) is 4. The molecule has 0 unspecified atom stereocenters. The van der Waals surface area contributed by atoms with Crippen molar-refractivity contribution in [3.05, 3.63) is 15.6 Å². The van der Waals surface area contributed by atoms with Gasteiger partial charge in [0.15, 0.2) is 5.96 Å². The molecule has 1 saturated carbocycles. The maximum absolute atomic E-state index is 11.9. The predicted molar refractivity (Wildman–Crippen MR) is 101 cm³/mol. The average molecular weight is 365 g/mol. The topological polar surface area (TPSA) is 72.9 Å². The molecule has 0 atom stereocenters. The van der Waals surface area contributed by atoms with Crippen LogP contribution in [0.1, 0.15) is 28.4 Å². The quantitative estimate of drug-likeness (QED) is 0.595. The number of nitrogens with one attached hydrogen (secondary N) is 2. The number of thiazole rings is 1. The molecule has 8 heteroatoms. The molecule has 1 saturated heterocycles. The number of rotatable bonds is 5. The molecular formula is C17H28N6OS.